The summed E-state index contributed by atoms with van der Waals surface area (Å²) in [5, 5.41) is 11.8. The molecule has 3 aromatic carbocycles. The van der Waals surface area contributed by atoms with E-state index in [4.69, 9.17) is 4.74 Å². The molecule has 2 amide bonds. The molecule has 0 unspecified atom stereocenters. The molecule has 1 aliphatic rings. The molecule has 1 saturated heterocycles. The highest BCUT2D eigenvalue weighted by atomic mass is 79.9. The molecular formula is C23H18BrNO4S. The van der Waals surface area contributed by atoms with Gasteiger partial charge in [0.2, 0.25) is 0 Å². The Kier molecular flexibility index (Phi) is 5.83. The number of carbonyl (C=O) groups excluding carboxylic acids is 2. The Hall–Kier alpha value is -2.77. The Morgan fingerprint density at radius 2 is 1.90 bits per heavy atom. The minimum absolute atomic E-state index is 0.00457. The van der Waals surface area contributed by atoms with Gasteiger partial charge in [-0.05, 0) is 58.8 Å². The van der Waals surface area contributed by atoms with Crippen molar-refractivity contribution in [2.75, 3.05) is 6.61 Å². The average Bonchev–Trinajstić information content (AvgIpc) is 2.99. The van der Waals surface area contributed by atoms with Crippen molar-refractivity contribution >= 4 is 55.7 Å². The van der Waals surface area contributed by atoms with E-state index in [1.54, 1.807) is 12.1 Å². The summed E-state index contributed by atoms with van der Waals surface area (Å²) in [5.74, 6) is -0.0114. The number of fused-ring (bicyclic) bond motifs is 1. The molecular weight excluding hydrogens is 466 g/mol. The largest absolute Gasteiger partial charge is 0.504 e. The normalized spacial score (nSPS) is 15.4. The first-order valence-electron chi connectivity index (χ1n) is 9.35. The number of thioether (sulfide) groups is 1. The average molecular weight is 484 g/mol. The van der Waals surface area contributed by atoms with Gasteiger partial charge < -0.3 is 9.84 Å². The van der Waals surface area contributed by atoms with E-state index in [2.05, 4.69) is 15.9 Å². The molecule has 30 heavy (non-hydrogen) atoms. The number of nitrogens with zero attached hydrogens (tertiary/aromatic N) is 1. The molecule has 1 fully saturated rings. The molecule has 7 heteroatoms. The Morgan fingerprint density at radius 3 is 2.70 bits per heavy atom. The van der Waals surface area contributed by atoms with Crippen molar-refractivity contribution in [2.45, 2.75) is 13.5 Å². The van der Waals surface area contributed by atoms with Gasteiger partial charge in [0, 0.05) is 4.47 Å². The number of ether oxygens (including phenoxy) is 1. The van der Waals surface area contributed by atoms with Gasteiger partial charge in [0.1, 0.15) is 0 Å². The number of imide groups is 1. The maximum Gasteiger partial charge on any atom is 0.293 e. The van der Waals surface area contributed by atoms with Crippen LogP contribution in [-0.4, -0.2) is 27.8 Å². The second-order valence-corrected chi connectivity index (χ2v) is 8.53. The lowest BCUT2D eigenvalue weighted by Gasteiger charge is -2.14. The van der Waals surface area contributed by atoms with Crippen molar-refractivity contribution in [3.63, 3.8) is 0 Å². The second-order valence-electron chi connectivity index (χ2n) is 6.68. The smallest absolute Gasteiger partial charge is 0.293 e. The Morgan fingerprint density at radius 1 is 1.13 bits per heavy atom. The first-order chi connectivity index (χ1) is 14.5. The van der Waals surface area contributed by atoms with Gasteiger partial charge in [0.05, 0.1) is 18.1 Å². The van der Waals surface area contributed by atoms with Crippen molar-refractivity contribution in [3.8, 4) is 11.5 Å². The molecule has 1 N–H and O–H groups in total. The molecule has 4 rings (SSSR count). The zero-order chi connectivity index (χ0) is 21.3. The SMILES string of the molecule is CCOc1cc(/C=C2/SC(=O)N(Cc3cccc4ccccc34)C2=O)c(Br)cc1O. The van der Waals surface area contributed by atoms with Crippen LogP contribution in [0.1, 0.15) is 18.1 Å². The Bertz CT molecular complexity index is 1190. The van der Waals surface area contributed by atoms with Crippen molar-refractivity contribution in [1.29, 1.82) is 0 Å². The molecule has 0 atom stereocenters. The summed E-state index contributed by atoms with van der Waals surface area (Å²) in [6.45, 7) is 2.43. The highest BCUT2D eigenvalue weighted by Gasteiger charge is 2.35. The van der Waals surface area contributed by atoms with Gasteiger partial charge in [-0.1, -0.05) is 58.4 Å². The predicted octanol–water partition coefficient (Wildman–Crippen LogP) is 5.94. The maximum absolute atomic E-state index is 13.0. The van der Waals surface area contributed by atoms with Crippen LogP contribution in [0.5, 0.6) is 11.5 Å². The van der Waals surface area contributed by atoms with Crippen LogP contribution < -0.4 is 4.74 Å². The first-order valence-corrected chi connectivity index (χ1v) is 11.0. The number of amides is 2. The van der Waals surface area contributed by atoms with Crippen molar-refractivity contribution < 1.29 is 19.4 Å². The van der Waals surface area contributed by atoms with E-state index in [-0.39, 0.29) is 23.4 Å². The van der Waals surface area contributed by atoms with E-state index >= 15 is 0 Å². The summed E-state index contributed by atoms with van der Waals surface area (Å²) >= 11 is 4.30. The third-order valence-corrected chi connectivity index (χ3v) is 6.34. The van der Waals surface area contributed by atoms with E-state index in [0.29, 0.717) is 27.3 Å². The molecule has 3 aromatic rings. The van der Waals surface area contributed by atoms with Gasteiger partial charge in [0.15, 0.2) is 11.5 Å². The predicted molar refractivity (Wildman–Crippen MR) is 122 cm³/mol. The van der Waals surface area contributed by atoms with Gasteiger partial charge in [-0.25, -0.2) is 0 Å². The number of phenolic OH excluding ortho intramolecular Hbond substituents is 1. The van der Waals surface area contributed by atoms with Gasteiger partial charge in [-0.3, -0.25) is 14.5 Å². The molecule has 0 spiro atoms. The van der Waals surface area contributed by atoms with Crippen LogP contribution in [0.25, 0.3) is 16.8 Å². The van der Waals surface area contributed by atoms with Gasteiger partial charge >= 0.3 is 0 Å². The zero-order valence-corrected chi connectivity index (χ0v) is 18.5. The van der Waals surface area contributed by atoms with Crippen LogP contribution in [0.2, 0.25) is 0 Å². The van der Waals surface area contributed by atoms with Crippen molar-refractivity contribution in [2.24, 2.45) is 0 Å². The number of benzene rings is 3. The fourth-order valence-electron chi connectivity index (χ4n) is 3.32. The van der Waals surface area contributed by atoms with E-state index < -0.39 is 0 Å². The molecule has 0 radical (unpaired) electrons. The van der Waals surface area contributed by atoms with Crippen LogP contribution in [0.3, 0.4) is 0 Å². The Labute approximate surface area is 186 Å². The minimum atomic E-state index is -0.337. The van der Waals surface area contributed by atoms with Gasteiger partial charge in [-0.15, -0.1) is 0 Å². The molecule has 1 heterocycles. The van der Waals surface area contributed by atoms with Crippen LogP contribution in [-0.2, 0) is 11.3 Å². The first kappa shape index (κ1) is 20.5. The highest BCUT2D eigenvalue weighted by molar-refractivity contribution is 9.10. The summed E-state index contributed by atoms with van der Waals surface area (Å²) in [4.78, 5) is 27.1. The zero-order valence-electron chi connectivity index (χ0n) is 16.1. The van der Waals surface area contributed by atoms with Crippen LogP contribution >= 0.6 is 27.7 Å². The fourth-order valence-corrected chi connectivity index (χ4v) is 4.59. The molecule has 0 aromatic heterocycles. The molecule has 0 aliphatic carbocycles. The summed E-state index contributed by atoms with van der Waals surface area (Å²) in [6.07, 6.45) is 1.64. The van der Waals surface area contributed by atoms with Crippen LogP contribution in [0.4, 0.5) is 4.79 Å². The van der Waals surface area contributed by atoms with Gasteiger partial charge in [-0.2, -0.15) is 0 Å². The summed E-state index contributed by atoms with van der Waals surface area (Å²) in [7, 11) is 0. The number of halogens is 1. The summed E-state index contributed by atoms with van der Waals surface area (Å²) < 4.78 is 6.02. The fraction of sp³-hybridized carbons (Fsp3) is 0.130. The highest BCUT2D eigenvalue weighted by Crippen LogP contribution is 2.38. The number of carbonyl (C=O) groups is 2. The lowest BCUT2D eigenvalue weighted by Crippen LogP contribution is -2.27. The standard InChI is InChI=1S/C23H18BrNO4S/c1-2-29-20-10-16(18(24)12-19(20)26)11-21-22(27)25(23(28)30-21)13-15-8-5-7-14-6-3-4-9-17(14)15/h3-12,26H,2,13H2,1H3/b21-11+. The number of aromatic hydroxyl groups is 1. The van der Waals surface area contributed by atoms with E-state index in [1.165, 1.54) is 11.0 Å². The summed E-state index contributed by atoms with van der Waals surface area (Å²) in [6, 6.07) is 16.9. The molecule has 0 bridgehead atoms. The Balaban J connectivity index is 1.64. The monoisotopic (exact) mass is 483 g/mol. The number of hydrogen-bond acceptors (Lipinski definition) is 5. The molecule has 0 saturated carbocycles. The van der Waals surface area contributed by atoms with Crippen LogP contribution in [0.15, 0.2) is 64.0 Å². The number of rotatable bonds is 5. The maximum atomic E-state index is 13.0. The van der Waals surface area contributed by atoms with E-state index in [9.17, 15) is 14.7 Å². The van der Waals surface area contributed by atoms with Crippen LogP contribution in [0, 0.1) is 0 Å². The lowest BCUT2D eigenvalue weighted by molar-refractivity contribution is -0.123. The van der Waals surface area contributed by atoms with Crippen molar-refractivity contribution in [1.82, 2.24) is 4.90 Å². The lowest BCUT2D eigenvalue weighted by atomic mass is 10.0. The molecule has 152 valence electrons. The quantitative estimate of drug-likeness (QED) is 0.454. The topological polar surface area (TPSA) is 66.8 Å². The third kappa shape index (κ3) is 3.95. The van der Waals surface area contributed by atoms with Gasteiger partial charge in [0.25, 0.3) is 11.1 Å². The number of phenols is 1. The number of hydrogen-bond donors (Lipinski definition) is 1. The summed E-state index contributed by atoms with van der Waals surface area (Å²) in [5.41, 5.74) is 1.56. The third-order valence-electron chi connectivity index (χ3n) is 4.75. The van der Waals surface area contributed by atoms with E-state index in [0.717, 1.165) is 28.1 Å². The van der Waals surface area contributed by atoms with E-state index in [1.807, 2.05) is 49.4 Å². The second kappa shape index (κ2) is 8.53. The molecule has 5 nitrogen and oxygen atoms in total. The minimum Gasteiger partial charge on any atom is -0.504 e. The van der Waals surface area contributed by atoms with Crippen molar-refractivity contribution in [3.05, 3.63) is 75.1 Å². The molecule has 1 aliphatic heterocycles.